The van der Waals surface area contributed by atoms with Gasteiger partial charge in [0.1, 0.15) is 0 Å². The number of fused-ring (bicyclic) bond motifs is 1. The first kappa shape index (κ1) is 14.9. The number of hydrogen-bond donors (Lipinski definition) is 2. The lowest BCUT2D eigenvalue weighted by atomic mass is 10.1. The zero-order chi connectivity index (χ0) is 15.5. The number of carbonyl (C=O) groups excluding carboxylic acids is 1. The molecule has 112 valence electrons. The maximum atomic E-state index is 12.3. The molecule has 0 aliphatic rings. The van der Waals surface area contributed by atoms with E-state index in [2.05, 4.69) is 26.2 Å². The summed E-state index contributed by atoms with van der Waals surface area (Å²) >= 11 is 3.42. The highest BCUT2D eigenvalue weighted by Gasteiger charge is 2.12. The molecular weight excluding hydrogens is 340 g/mol. The third-order valence-electron chi connectivity index (χ3n) is 3.77. The standard InChI is InChI=1S/C18H17BrN2O/c1-12(13-6-8-15(19)9-7-13)21-18(22)10-14-11-20-17-5-3-2-4-16(14)17/h2-9,11-12,20H,10H2,1H3,(H,21,22)/t12-/m0/s1. The lowest BCUT2D eigenvalue weighted by Gasteiger charge is -2.14. The Bertz CT molecular complexity index is 792. The van der Waals surface area contributed by atoms with Gasteiger partial charge in [0.2, 0.25) is 5.91 Å². The second-order valence-corrected chi connectivity index (χ2v) is 6.29. The van der Waals surface area contributed by atoms with Crippen molar-refractivity contribution in [2.45, 2.75) is 19.4 Å². The molecule has 4 heteroatoms. The summed E-state index contributed by atoms with van der Waals surface area (Å²) in [6.45, 7) is 2.00. The van der Waals surface area contributed by atoms with Gasteiger partial charge in [-0.3, -0.25) is 4.79 Å². The van der Waals surface area contributed by atoms with E-state index in [1.807, 2.05) is 61.7 Å². The highest BCUT2D eigenvalue weighted by atomic mass is 79.9. The van der Waals surface area contributed by atoms with Crippen molar-refractivity contribution >= 4 is 32.7 Å². The number of hydrogen-bond acceptors (Lipinski definition) is 1. The van der Waals surface area contributed by atoms with E-state index in [1.165, 1.54) is 0 Å². The summed E-state index contributed by atoms with van der Waals surface area (Å²) < 4.78 is 1.04. The number of aromatic nitrogens is 1. The average Bonchev–Trinajstić information content (AvgIpc) is 2.91. The predicted octanol–water partition coefficient (Wildman–Crippen LogP) is 4.35. The van der Waals surface area contributed by atoms with Gasteiger partial charge in [0.15, 0.2) is 0 Å². The molecule has 0 aliphatic heterocycles. The lowest BCUT2D eigenvalue weighted by molar-refractivity contribution is -0.121. The maximum absolute atomic E-state index is 12.3. The van der Waals surface area contributed by atoms with E-state index < -0.39 is 0 Å². The maximum Gasteiger partial charge on any atom is 0.224 e. The van der Waals surface area contributed by atoms with Crippen LogP contribution in [0.4, 0.5) is 0 Å². The van der Waals surface area contributed by atoms with Gasteiger partial charge in [-0.1, -0.05) is 46.3 Å². The van der Waals surface area contributed by atoms with E-state index in [9.17, 15) is 4.79 Å². The fourth-order valence-corrected chi connectivity index (χ4v) is 2.84. The molecule has 0 radical (unpaired) electrons. The molecule has 2 aromatic carbocycles. The highest BCUT2D eigenvalue weighted by molar-refractivity contribution is 9.10. The molecule has 1 atom stereocenters. The van der Waals surface area contributed by atoms with E-state index in [0.717, 1.165) is 26.5 Å². The number of benzene rings is 2. The van der Waals surface area contributed by atoms with E-state index in [1.54, 1.807) is 0 Å². The monoisotopic (exact) mass is 356 g/mol. The van der Waals surface area contributed by atoms with Crippen LogP contribution in [0.25, 0.3) is 10.9 Å². The summed E-state index contributed by atoms with van der Waals surface area (Å²) in [4.78, 5) is 15.5. The van der Waals surface area contributed by atoms with Gasteiger partial charge in [-0.05, 0) is 36.2 Å². The lowest BCUT2D eigenvalue weighted by Crippen LogP contribution is -2.28. The molecule has 0 spiro atoms. The van der Waals surface area contributed by atoms with Crippen molar-refractivity contribution in [3.8, 4) is 0 Å². The van der Waals surface area contributed by atoms with E-state index in [4.69, 9.17) is 0 Å². The first-order chi connectivity index (χ1) is 10.6. The van der Waals surface area contributed by atoms with E-state index in [0.29, 0.717) is 6.42 Å². The van der Waals surface area contributed by atoms with Crippen molar-refractivity contribution in [3.63, 3.8) is 0 Å². The van der Waals surface area contributed by atoms with Gasteiger partial charge in [-0.15, -0.1) is 0 Å². The zero-order valence-corrected chi connectivity index (χ0v) is 13.9. The molecule has 0 unspecified atom stereocenters. The Morgan fingerprint density at radius 2 is 1.91 bits per heavy atom. The van der Waals surface area contributed by atoms with Gasteiger partial charge >= 0.3 is 0 Å². The second-order valence-electron chi connectivity index (χ2n) is 5.38. The molecule has 1 aromatic heterocycles. The molecule has 22 heavy (non-hydrogen) atoms. The van der Waals surface area contributed by atoms with Crippen LogP contribution in [0.15, 0.2) is 59.2 Å². The minimum atomic E-state index is -0.00851. The number of aromatic amines is 1. The third-order valence-corrected chi connectivity index (χ3v) is 4.30. The number of rotatable bonds is 4. The van der Waals surface area contributed by atoms with Crippen molar-refractivity contribution < 1.29 is 4.79 Å². The number of H-pyrrole nitrogens is 1. The molecule has 0 saturated heterocycles. The molecule has 0 aliphatic carbocycles. The Hall–Kier alpha value is -2.07. The quantitative estimate of drug-likeness (QED) is 0.716. The summed E-state index contributed by atoms with van der Waals surface area (Å²) in [5.74, 6) is 0.0279. The number of para-hydroxylation sites is 1. The van der Waals surface area contributed by atoms with Crippen LogP contribution in [0.5, 0.6) is 0 Å². The second kappa shape index (κ2) is 6.36. The van der Waals surface area contributed by atoms with Crippen molar-refractivity contribution in [1.29, 1.82) is 0 Å². The fraction of sp³-hybridized carbons (Fsp3) is 0.167. The largest absolute Gasteiger partial charge is 0.361 e. The number of nitrogens with one attached hydrogen (secondary N) is 2. The van der Waals surface area contributed by atoms with Gasteiger partial charge in [-0.25, -0.2) is 0 Å². The van der Waals surface area contributed by atoms with Crippen LogP contribution in [-0.2, 0) is 11.2 Å². The Morgan fingerprint density at radius 3 is 2.68 bits per heavy atom. The van der Waals surface area contributed by atoms with Crippen molar-refractivity contribution in [3.05, 3.63) is 70.3 Å². The van der Waals surface area contributed by atoms with Gasteiger partial charge < -0.3 is 10.3 Å². The fourth-order valence-electron chi connectivity index (χ4n) is 2.58. The minimum absolute atomic E-state index is 0.00851. The van der Waals surface area contributed by atoms with Crippen LogP contribution < -0.4 is 5.32 Å². The molecule has 1 amide bonds. The van der Waals surface area contributed by atoms with E-state index in [-0.39, 0.29) is 11.9 Å². The molecule has 1 heterocycles. The predicted molar refractivity (Wildman–Crippen MR) is 92.7 cm³/mol. The van der Waals surface area contributed by atoms with Crippen molar-refractivity contribution in [2.75, 3.05) is 0 Å². The smallest absolute Gasteiger partial charge is 0.224 e. The van der Waals surface area contributed by atoms with Crippen LogP contribution in [0, 0.1) is 0 Å². The molecule has 2 N–H and O–H groups in total. The first-order valence-electron chi connectivity index (χ1n) is 7.23. The van der Waals surface area contributed by atoms with Gasteiger partial charge in [-0.2, -0.15) is 0 Å². The van der Waals surface area contributed by atoms with Crippen LogP contribution in [-0.4, -0.2) is 10.9 Å². The Morgan fingerprint density at radius 1 is 1.18 bits per heavy atom. The zero-order valence-electron chi connectivity index (χ0n) is 12.3. The Kier molecular flexibility index (Phi) is 4.29. The van der Waals surface area contributed by atoms with Crippen LogP contribution >= 0.6 is 15.9 Å². The first-order valence-corrected chi connectivity index (χ1v) is 8.02. The molecule has 3 nitrogen and oxygen atoms in total. The number of amides is 1. The Balaban J connectivity index is 1.68. The van der Waals surface area contributed by atoms with Gasteiger partial charge in [0, 0.05) is 21.6 Å². The summed E-state index contributed by atoms with van der Waals surface area (Å²) in [5, 5.41) is 4.16. The van der Waals surface area contributed by atoms with E-state index >= 15 is 0 Å². The molecule has 3 rings (SSSR count). The van der Waals surface area contributed by atoms with Gasteiger partial charge in [0.25, 0.3) is 0 Å². The number of carbonyl (C=O) groups is 1. The molecule has 0 bridgehead atoms. The topological polar surface area (TPSA) is 44.9 Å². The van der Waals surface area contributed by atoms with Crippen molar-refractivity contribution in [2.24, 2.45) is 0 Å². The summed E-state index contributed by atoms with van der Waals surface area (Å²) in [7, 11) is 0. The summed E-state index contributed by atoms with van der Waals surface area (Å²) in [6, 6.07) is 16.0. The van der Waals surface area contributed by atoms with Crippen molar-refractivity contribution in [1.82, 2.24) is 10.3 Å². The molecule has 0 saturated carbocycles. The SMILES string of the molecule is C[C@H](NC(=O)Cc1c[nH]c2ccccc12)c1ccc(Br)cc1. The van der Waals surface area contributed by atoms with Crippen LogP contribution in [0.3, 0.4) is 0 Å². The highest BCUT2D eigenvalue weighted by Crippen LogP contribution is 2.19. The average molecular weight is 357 g/mol. The normalized spacial score (nSPS) is 12.3. The third kappa shape index (κ3) is 3.22. The van der Waals surface area contributed by atoms with Gasteiger partial charge in [0.05, 0.1) is 12.5 Å². The summed E-state index contributed by atoms with van der Waals surface area (Å²) in [6.07, 6.45) is 2.29. The van der Waals surface area contributed by atoms with Crippen LogP contribution in [0.2, 0.25) is 0 Å². The summed E-state index contributed by atoms with van der Waals surface area (Å²) in [5.41, 5.74) is 3.18. The molecular formula is C18H17BrN2O. The molecule has 3 aromatic rings. The Labute approximate surface area is 137 Å². The molecule has 0 fully saturated rings. The number of halogens is 1. The van der Waals surface area contributed by atoms with Crippen LogP contribution in [0.1, 0.15) is 24.1 Å². The minimum Gasteiger partial charge on any atom is -0.361 e.